The minimum absolute atomic E-state index is 0.0639. The number of aromatic nitrogens is 3. The first-order valence-electron chi connectivity index (χ1n) is 7.21. The predicted molar refractivity (Wildman–Crippen MR) is 87.6 cm³/mol. The highest BCUT2D eigenvalue weighted by Gasteiger charge is 2.29. The summed E-state index contributed by atoms with van der Waals surface area (Å²) in [5, 5.41) is 9.04. The molecule has 0 unspecified atom stereocenters. The van der Waals surface area contributed by atoms with Crippen LogP contribution in [0, 0.1) is 0 Å². The highest BCUT2D eigenvalue weighted by molar-refractivity contribution is 7.99. The van der Waals surface area contributed by atoms with Gasteiger partial charge in [0.25, 0.3) is 0 Å². The number of carbonyl (C=O) groups is 1. The molecule has 3 rings (SSSR count). The Morgan fingerprint density at radius 1 is 1.26 bits per heavy atom. The standard InChI is InChI=1S/C15H17N3O3S2/c1-18-14(11-3-4-11)16-17-15(18)22-9-13(19)10-5-7-12(8-6-10)23(2,20)21/h5-8,11H,3-4,9H2,1-2H3. The molecule has 0 aliphatic heterocycles. The molecule has 8 heteroatoms. The second-order valence-electron chi connectivity index (χ2n) is 5.68. The van der Waals surface area contributed by atoms with Gasteiger partial charge >= 0.3 is 0 Å². The Hall–Kier alpha value is -1.67. The topological polar surface area (TPSA) is 81.9 Å². The lowest BCUT2D eigenvalue weighted by atomic mass is 10.1. The minimum Gasteiger partial charge on any atom is -0.309 e. The second-order valence-corrected chi connectivity index (χ2v) is 8.64. The maximum Gasteiger partial charge on any atom is 0.191 e. The van der Waals surface area contributed by atoms with Gasteiger partial charge in [-0.2, -0.15) is 0 Å². The first-order valence-corrected chi connectivity index (χ1v) is 10.1. The largest absolute Gasteiger partial charge is 0.309 e. The van der Waals surface area contributed by atoms with Gasteiger partial charge in [-0.25, -0.2) is 8.42 Å². The van der Waals surface area contributed by atoms with Crippen molar-refractivity contribution < 1.29 is 13.2 Å². The van der Waals surface area contributed by atoms with E-state index in [2.05, 4.69) is 10.2 Å². The van der Waals surface area contributed by atoms with Crippen molar-refractivity contribution in [3.8, 4) is 0 Å². The molecule has 6 nitrogen and oxygen atoms in total. The van der Waals surface area contributed by atoms with Crippen LogP contribution in [0.15, 0.2) is 34.3 Å². The van der Waals surface area contributed by atoms with Crippen molar-refractivity contribution in [1.82, 2.24) is 14.8 Å². The molecule has 0 radical (unpaired) electrons. The van der Waals surface area contributed by atoms with Gasteiger partial charge in [0, 0.05) is 24.8 Å². The molecule has 1 aromatic heterocycles. The zero-order chi connectivity index (χ0) is 16.6. The van der Waals surface area contributed by atoms with Crippen LogP contribution in [-0.4, -0.2) is 41.0 Å². The van der Waals surface area contributed by atoms with Gasteiger partial charge in [-0.3, -0.25) is 4.79 Å². The van der Waals surface area contributed by atoms with E-state index >= 15 is 0 Å². The molecule has 1 saturated carbocycles. The Bertz CT molecular complexity index is 837. The Balaban J connectivity index is 1.65. The lowest BCUT2D eigenvalue weighted by molar-refractivity contribution is 0.102. The lowest BCUT2D eigenvalue weighted by Crippen LogP contribution is -2.05. The molecule has 2 aromatic rings. The number of thioether (sulfide) groups is 1. The second kappa shape index (κ2) is 6.09. The average Bonchev–Trinajstić information content (AvgIpc) is 3.28. The summed E-state index contributed by atoms with van der Waals surface area (Å²) < 4.78 is 24.8. The highest BCUT2D eigenvalue weighted by atomic mass is 32.2. The molecule has 1 heterocycles. The van der Waals surface area contributed by atoms with E-state index in [-0.39, 0.29) is 16.4 Å². The van der Waals surface area contributed by atoms with E-state index in [4.69, 9.17) is 0 Å². The number of nitrogens with zero attached hydrogens (tertiary/aromatic N) is 3. The summed E-state index contributed by atoms with van der Waals surface area (Å²) >= 11 is 1.35. The number of Topliss-reactive ketones (excluding diaryl/α,β-unsaturated/α-hetero) is 1. The maximum atomic E-state index is 12.2. The third-order valence-electron chi connectivity index (χ3n) is 3.75. The smallest absolute Gasteiger partial charge is 0.191 e. The van der Waals surface area contributed by atoms with Crippen LogP contribution in [0.4, 0.5) is 0 Å². The van der Waals surface area contributed by atoms with Crippen LogP contribution in [0.3, 0.4) is 0 Å². The lowest BCUT2D eigenvalue weighted by Gasteiger charge is -2.04. The van der Waals surface area contributed by atoms with E-state index in [9.17, 15) is 13.2 Å². The fourth-order valence-corrected chi connectivity index (χ4v) is 3.69. The Morgan fingerprint density at radius 2 is 1.91 bits per heavy atom. The fraction of sp³-hybridized carbons (Fsp3) is 0.400. The fourth-order valence-electron chi connectivity index (χ4n) is 2.25. The number of benzene rings is 1. The molecule has 0 atom stereocenters. The molecule has 23 heavy (non-hydrogen) atoms. The zero-order valence-corrected chi connectivity index (χ0v) is 14.5. The normalized spacial score (nSPS) is 14.9. The van der Waals surface area contributed by atoms with Crippen molar-refractivity contribution in [2.24, 2.45) is 7.05 Å². The van der Waals surface area contributed by atoms with Crippen LogP contribution in [-0.2, 0) is 16.9 Å². The average molecular weight is 351 g/mol. The highest BCUT2D eigenvalue weighted by Crippen LogP contribution is 2.39. The summed E-state index contributed by atoms with van der Waals surface area (Å²) in [5.74, 6) is 1.68. The van der Waals surface area contributed by atoms with Crippen LogP contribution >= 0.6 is 11.8 Å². The first kappa shape index (κ1) is 16.2. The molecule has 1 aliphatic rings. The van der Waals surface area contributed by atoms with Gasteiger partial charge in [0.2, 0.25) is 0 Å². The van der Waals surface area contributed by atoms with Crippen LogP contribution in [0.5, 0.6) is 0 Å². The summed E-state index contributed by atoms with van der Waals surface area (Å²) in [6, 6.07) is 6.01. The number of rotatable bonds is 6. The van der Waals surface area contributed by atoms with E-state index in [0.29, 0.717) is 11.5 Å². The van der Waals surface area contributed by atoms with Gasteiger partial charge in [-0.1, -0.05) is 23.9 Å². The van der Waals surface area contributed by atoms with Crippen LogP contribution in [0.2, 0.25) is 0 Å². The summed E-state index contributed by atoms with van der Waals surface area (Å²) in [6.07, 6.45) is 3.45. The summed E-state index contributed by atoms with van der Waals surface area (Å²) in [7, 11) is -1.33. The number of hydrogen-bond acceptors (Lipinski definition) is 6. The van der Waals surface area contributed by atoms with Crippen molar-refractivity contribution in [2.45, 2.75) is 28.8 Å². The van der Waals surface area contributed by atoms with E-state index in [1.165, 1.54) is 23.9 Å². The van der Waals surface area contributed by atoms with Crippen LogP contribution in [0.25, 0.3) is 0 Å². The van der Waals surface area contributed by atoms with Crippen LogP contribution in [0.1, 0.15) is 34.9 Å². The third kappa shape index (κ3) is 3.64. The maximum absolute atomic E-state index is 12.2. The summed E-state index contributed by atoms with van der Waals surface area (Å²) in [4.78, 5) is 12.4. The molecular weight excluding hydrogens is 334 g/mol. The van der Waals surface area contributed by atoms with Gasteiger partial charge in [0.15, 0.2) is 20.8 Å². The monoisotopic (exact) mass is 351 g/mol. The van der Waals surface area contributed by atoms with Crippen molar-refractivity contribution in [1.29, 1.82) is 0 Å². The van der Waals surface area contributed by atoms with E-state index in [0.717, 1.165) is 30.1 Å². The van der Waals surface area contributed by atoms with E-state index in [1.807, 2.05) is 11.6 Å². The predicted octanol–water partition coefficient (Wildman–Crippen LogP) is 2.07. The van der Waals surface area contributed by atoms with Crippen molar-refractivity contribution >= 4 is 27.4 Å². The summed E-state index contributed by atoms with van der Waals surface area (Å²) in [5.41, 5.74) is 0.495. The molecule has 1 fully saturated rings. The molecular formula is C15H17N3O3S2. The third-order valence-corrected chi connectivity index (χ3v) is 5.90. The molecule has 122 valence electrons. The number of sulfone groups is 1. The molecule has 0 N–H and O–H groups in total. The van der Waals surface area contributed by atoms with E-state index in [1.54, 1.807) is 12.1 Å². The van der Waals surface area contributed by atoms with Gasteiger partial charge in [-0.15, -0.1) is 10.2 Å². The number of hydrogen-bond donors (Lipinski definition) is 0. The molecule has 0 amide bonds. The molecule has 0 bridgehead atoms. The van der Waals surface area contributed by atoms with Gasteiger partial charge in [-0.05, 0) is 25.0 Å². The molecule has 0 saturated heterocycles. The van der Waals surface area contributed by atoms with E-state index < -0.39 is 9.84 Å². The Morgan fingerprint density at radius 3 is 2.48 bits per heavy atom. The molecule has 0 spiro atoms. The van der Waals surface area contributed by atoms with Gasteiger partial charge in [0.1, 0.15) is 5.82 Å². The SMILES string of the molecule is Cn1c(SCC(=O)c2ccc(S(C)(=O)=O)cc2)nnc1C1CC1. The Kier molecular flexibility index (Phi) is 4.29. The van der Waals surface area contributed by atoms with Gasteiger partial charge in [0.05, 0.1) is 10.6 Å². The first-order chi connectivity index (χ1) is 10.9. The minimum atomic E-state index is -3.24. The number of ketones is 1. The summed E-state index contributed by atoms with van der Waals surface area (Å²) in [6.45, 7) is 0. The molecule has 1 aliphatic carbocycles. The number of carbonyl (C=O) groups excluding carboxylic acids is 1. The Labute approximate surface area is 139 Å². The zero-order valence-electron chi connectivity index (χ0n) is 12.9. The van der Waals surface area contributed by atoms with Crippen molar-refractivity contribution in [3.05, 3.63) is 35.7 Å². The van der Waals surface area contributed by atoms with Crippen LogP contribution < -0.4 is 0 Å². The molecule has 1 aromatic carbocycles. The van der Waals surface area contributed by atoms with Gasteiger partial charge < -0.3 is 4.57 Å². The van der Waals surface area contributed by atoms with Crippen molar-refractivity contribution in [3.63, 3.8) is 0 Å². The quantitative estimate of drug-likeness (QED) is 0.585. The van der Waals surface area contributed by atoms with Crippen molar-refractivity contribution in [2.75, 3.05) is 12.0 Å².